The maximum absolute atomic E-state index is 14.0. The van der Waals surface area contributed by atoms with E-state index in [2.05, 4.69) is 10.0 Å². The van der Waals surface area contributed by atoms with E-state index in [1.54, 1.807) is 36.4 Å². The number of nitrogen functional groups attached to an aromatic ring is 1. The number of sulfonamides is 1. The summed E-state index contributed by atoms with van der Waals surface area (Å²) in [6.45, 7) is 0.147. The highest BCUT2D eigenvalue weighted by molar-refractivity contribution is 7.94. The Labute approximate surface area is 211 Å². The molecule has 8 heteroatoms. The van der Waals surface area contributed by atoms with E-state index in [4.69, 9.17) is 10.5 Å². The average Bonchev–Trinajstić information content (AvgIpc) is 2.89. The molecule has 4 aromatic rings. The lowest BCUT2D eigenvalue weighted by molar-refractivity contribution is 0.114. The number of rotatable bonds is 8. The molecule has 186 valence electrons. The van der Waals surface area contributed by atoms with Gasteiger partial charge in [-0.1, -0.05) is 66.7 Å². The highest BCUT2D eigenvalue weighted by Crippen LogP contribution is 2.38. The molecule has 0 radical (unpaired) electrons. The van der Waals surface area contributed by atoms with Gasteiger partial charge >= 0.3 is 0 Å². The van der Waals surface area contributed by atoms with Crippen molar-refractivity contribution in [3.63, 3.8) is 0 Å². The minimum atomic E-state index is -4.03. The summed E-state index contributed by atoms with van der Waals surface area (Å²) in [5.74, 6) is 0.549. The van der Waals surface area contributed by atoms with Crippen LogP contribution in [0.1, 0.15) is 23.7 Å². The predicted molar refractivity (Wildman–Crippen MR) is 143 cm³/mol. The van der Waals surface area contributed by atoms with Gasteiger partial charge in [-0.3, -0.25) is 4.72 Å². The maximum Gasteiger partial charge on any atom is 0.275 e. The molecule has 1 heterocycles. The molecule has 0 aromatic heterocycles. The van der Waals surface area contributed by atoms with Crippen LogP contribution in [0.3, 0.4) is 0 Å². The van der Waals surface area contributed by atoms with Gasteiger partial charge < -0.3 is 20.9 Å². The van der Waals surface area contributed by atoms with Gasteiger partial charge in [-0.25, -0.2) is 8.42 Å². The zero-order chi connectivity index (χ0) is 25.2. The van der Waals surface area contributed by atoms with Crippen molar-refractivity contribution < 1.29 is 18.3 Å². The number of fused-ring (bicyclic) bond motifs is 2. The topological polar surface area (TPSA) is 114 Å². The van der Waals surface area contributed by atoms with Crippen LogP contribution >= 0.6 is 0 Å². The van der Waals surface area contributed by atoms with Gasteiger partial charge in [0.05, 0.1) is 18.3 Å². The van der Waals surface area contributed by atoms with Gasteiger partial charge in [-0.05, 0) is 47.2 Å². The lowest BCUT2D eigenvalue weighted by Crippen LogP contribution is -2.56. The highest BCUT2D eigenvalue weighted by Gasteiger charge is 2.48. The zero-order valence-corrected chi connectivity index (χ0v) is 20.5. The Hall–Kier alpha value is -3.59. The fraction of sp³-hybridized carbons (Fsp3) is 0.214. The summed E-state index contributed by atoms with van der Waals surface area (Å²) < 4.78 is 37.0. The van der Waals surface area contributed by atoms with Gasteiger partial charge in [-0.15, -0.1) is 0 Å². The molecule has 0 aliphatic carbocycles. The Morgan fingerprint density at radius 2 is 1.67 bits per heavy atom. The molecule has 5 N–H and O–H groups in total. The molecule has 36 heavy (non-hydrogen) atoms. The summed E-state index contributed by atoms with van der Waals surface area (Å²) in [5, 5.41) is 15.5. The zero-order valence-electron chi connectivity index (χ0n) is 19.7. The number of hydrogen-bond donors (Lipinski definition) is 4. The van der Waals surface area contributed by atoms with Gasteiger partial charge in [0, 0.05) is 24.0 Å². The second-order valence-corrected chi connectivity index (χ2v) is 11.0. The number of ether oxygens (including phenoxy) is 1. The number of nitrogens with one attached hydrogen (secondary N) is 2. The Morgan fingerprint density at radius 3 is 2.50 bits per heavy atom. The number of hydrogen-bond acceptors (Lipinski definition) is 6. The quantitative estimate of drug-likeness (QED) is 0.268. The van der Waals surface area contributed by atoms with Crippen LogP contribution in [0.4, 0.5) is 11.4 Å². The molecule has 2 atom stereocenters. The third-order valence-corrected chi connectivity index (χ3v) is 8.52. The van der Waals surface area contributed by atoms with Crippen LogP contribution in [-0.4, -0.2) is 31.5 Å². The van der Waals surface area contributed by atoms with Crippen molar-refractivity contribution in [3.8, 4) is 5.75 Å². The fourth-order valence-electron chi connectivity index (χ4n) is 4.58. The van der Waals surface area contributed by atoms with Crippen molar-refractivity contribution in [3.05, 3.63) is 102 Å². The Kier molecular flexibility index (Phi) is 6.57. The monoisotopic (exact) mass is 503 g/mol. The van der Waals surface area contributed by atoms with Crippen LogP contribution in [-0.2, 0) is 16.4 Å². The van der Waals surface area contributed by atoms with E-state index in [-0.39, 0.29) is 19.5 Å². The van der Waals surface area contributed by atoms with Crippen LogP contribution in [0.5, 0.6) is 5.75 Å². The summed E-state index contributed by atoms with van der Waals surface area (Å²) >= 11 is 0. The number of aryl methyl sites for hydroxylation is 1. The number of nitrogens with two attached hydrogens (primary N) is 1. The standard InChI is InChI=1S/C28H29N3O4S/c29-23-14-12-21(13-15-23)26(32)18-30-19-28(17-16-22-7-2-4-11-27(22)35-28)36(33,34)31-25-10-5-8-20-6-1-3-9-24(20)25/h1-15,26,30-32H,16-19,29H2. The average molecular weight is 504 g/mol. The first kappa shape index (κ1) is 24.1. The summed E-state index contributed by atoms with van der Waals surface area (Å²) in [5.41, 5.74) is 8.51. The van der Waals surface area contributed by atoms with E-state index >= 15 is 0 Å². The third kappa shape index (κ3) is 4.75. The molecule has 0 spiro atoms. The predicted octanol–water partition coefficient (Wildman–Crippen LogP) is 4.21. The van der Waals surface area contributed by atoms with Crippen molar-refractivity contribution >= 4 is 32.2 Å². The smallest absolute Gasteiger partial charge is 0.275 e. The summed E-state index contributed by atoms with van der Waals surface area (Å²) in [6, 6.07) is 27.6. The molecular weight excluding hydrogens is 474 g/mol. The van der Waals surface area contributed by atoms with Crippen molar-refractivity contribution in [2.24, 2.45) is 0 Å². The van der Waals surface area contributed by atoms with Crippen molar-refractivity contribution in [2.75, 3.05) is 23.5 Å². The minimum absolute atomic E-state index is 0.00648. The molecule has 5 rings (SSSR count). The molecule has 4 aromatic carbocycles. The fourth-order valence-corrected chi connectivity index (χ4v) is 6.10. The van der Waals surface area contributed by atoms with Gasteiger partial charge in [0.1, 0.15) is 5.75 Å². The first-order valence-electron chi connectivity index (χ1n) is 11.9. The number of aliphatic hydroxyl groups is 1. The van der Waals surface area contributed by atoms with Crippen LogP contribution in [0, 0.1) is 0 Å². The van der Waals surface area contributed by atoms with E-state index in [1.165, 1.54) is 0 Å². The molecule has 0 bridgehead atoms. The number of aliphatic hydroxyl groups excluding tert-OH is 1. The second kappa shape index (κ2) is 9.81. The first-order chi connectivity index (χ1) is 17.4. The van der Waals surface area contributed by atoms with Gasteiger partial charge in [0.15, 0.2) is 0 Å². The van der Waals surface area contributed by atoms with E-state index in [0.29, 0.717) is 29.1 Å². The maximum atomic E-state index is 14.0. The van der Waals surface area contributed by atoms with Crippen LogP contribution in [0.25, 0.3) is 10.8 Å². The van der Waals surface area contributed by atoms with Crippen LogP contribution < -0.4 is 20.5 Å². The van der Waals surface area contributed by atoms with Gasteiger partial charge in [0.2, 0.25) is 4.93 Å². The van der Waals surface area contributed by atoms with Crippen molar-refractivity contribution in [2.45, 2.75) is 23.9 Å². The molecule has 0 amide bonds. The number of para-hydroxylation sites is 1. The van der Waals surface area contributed by atoms with Crippen molar-refractivity contribution in [1.82, 2.24) is 5.32 Å². The first-order valence-corrected chi connectivity index (χ1v) is 13.4. The van der Waals surface area contributed by atoms with Gasteiger partial charge in [-0.2, -0.15) is 0 Å². The Bertz CT molecular complexity index is 1470. The van der Waals surface area contributed by atoms with E-state index in [0.717, 1.165) is 16.3 Å². The SMILES string of the molecule is Nc1ccc(C(O)CNCC2(S(=O)(=O)Nc3cccc4ccccc34)CCc3ccccc3O2)cc1. The van der Waals surface area contributed by atoms with Gasteiger partial charge in [0.25, 0.3) is 10.0 Å². The lowest BCUT2D eigenvalue weighted by Gasteiger charge is -2.38. The van der Waals surface area contributed by atoms with Crippen LogP contribution in [0.2, 0.25) is 0 Å². The van der Waals surface area contributed by atoms with Crippen molar-refractivity contribution in [1.29, 1.82) is 0 Å². The third-order valence-electron chi connectivity index (χ3n) is 6.62. The molecule has 2 unspecified atom stereocenters. The highest BCUT2D eigenvalue weighted by atomic mass is 32.2. The largest absolute Gasteiger partial charge is 0.468 e. The molecular formula is C28H29N3O4S. The molecule has 0 fully saturated rings. The number of anilines is 2. The second-order valence-electron chi connectivity index (χ2n) is 9.07. The molecule has 0 saturated carbocycles. The molecule has 0 saturated heterocycles. The van der Waals surface area contributed by atoms with Crippen LogP contribution in [0.15, 0.2) is 91.0 Å². The van der Waals surface area contributed by atoms with E-state index in [9.17, 15) is 13.5 Å². The molecule has 7 nitrogen and oxygen atoms in total. The summed E-state index contributed by atoms with van der Waals surface area (Å²) in [6.07, 6.45) is -0.0172. The molecule has 1 aliphatic heterocycles. The van der Waals surface area contributed by atoms with E-state index in [1.807, 2.05) is 54.6 Å². The Morgan fingerprint density at radius 1 is 0.944 bits per heavy atom. The summed E-state index contributed by atoms with van der Waals surface area (Å²) in [7, 11) is -4.03. The lowest BCUT2D eigenvalue weighted by atomic mass is 10.0. The summed E-state index contributed by atoms with van der Waals surface area (Å²) in [4.78, 5) is -1.57. The van der Waals surface area contributed by atoms with E-state index < -0.39 is 21.1 Å². The Balaban J connectivity index is 1.42. The molecule has 1 aliphatic rings. The number of benzene rings is 4. The minimum Gasteiger partial charge on any atom is -0.468 e. The normalized spacial score (nSPS) is 18.2.